The van der Waals surface area contributed by atoms with E-state index in [0.717, 1.165) is 29.7 Å². The first-order valence-electron chi connectivity index (χ1n) is 6.49. The number of nitrogens with zero attached hydrogens (tertiary/aromatic N) is 1. The maximum atomic E-state index is 13.4. The number of amides is 1. The second-order valence-electron chi connectivity index (χ2n) is 5.17. The number of nitrogens with one attached hydrogen (secondary N) is 1. The fourth-order valence-electron chi connectivity index (χ4n) is 2.62. The molecule has 3 rings (SSSR count). The number of pyridine rings is 1. The van der Waals surface area contributed by atoms with Crippen LogP contribution in [0.2, 0.25) is 0 Å². The van der Waals surface area contributed by atoms with Crippen molar-refractivity contribution in [1.82, 2.24) is 10.5 Å². The summed E-state index contributed by atoms with van der Waals surface area (Å²) in [6.45, 7) is 0. The highest BCUT2D eigenvalue weighted by Gasteiger charge is 2.31. The topological polar surface area (TPSA) is 62.2 Å². The second-order valence-corrected chi connectivity index (χ2v) is 5.17. The SMILES string of the molecule is O=C(NO)C1C=C(c2cc(F)cnc2C2CC2)CC1. The van der Waals surface area contributed by atoms with Gasteiger partial charge in [0.15, 0.2) is 0 Å². The third-order valence-corrected chi connectivity index (χ3v) is 3.77. The molecule has 1 amide bonds. The van der Waals surface area contributed by atoms with Gasteiger partial charge < -0.3 is 0 Å². The summed E-state index contributed by atoms with van der Waals surface area (Å²) in [4.78, 5) is 15.6. The molecule has 1 fully saturated rings. The number of carbonyl (C=O) groups excluding carboxylic acids is 1. The lowest BCUT2D eigenvalue weighted by molar-refractivity contribution is -0.131. The van der Waals surface area contributed by atoms with Crippen LogP contribution in [0.3, 0.4) is 0 Å². The summed E-state index contributed by atoms with van der Waals surface area (Å²) < 4.78 is 13.4. The molecule has 0 bridgehead atoms. The molecule has 1 atom stereocenters. The Hall–Kier alpha value is -1.75. The van der Waals surface area contributed by atoms with Crippen LogP contribution >= 0.6 is 0 Å². The highest BCUT2D eigenvalue weighted by molar-refractivity contribution is 5.84. The molecule has 0 aliphatic heterocycles. The van der Waals surface area contributed by atoms with Gasteiger partial charge >= 0.3 is 0 Å². The Morgan fingerprint density at radius 1 is 1.42 bits per heavy atom. The Bertz CT molecular complexity index is 552. The van der Waals surface area contributed by atoms with Gasteiger partial charge in [-0.1, -0.05) is 6.08 Å². The van der Waals surface area contributed by atoms with Gasteiger partial charge in [0.2, 0.25) is 5.91 Å². The molecule has 1 aromatic rings. The van der Waals surface area contributed by atoms with Crippen molar-refractivity contribution in [2.24, 2.45) is 5.92 Å². The molecule has 5 heteroatoms. The molecular weight excluding hydrogens is 247 g/mol. The summed E-state index contributed by atoms with van der Waals surface area (Å²) in [5, 5.41) is 8.65. The molecule has 0 radical (unpaired) electrons. The van der Waals surface area contributed by atoms with E-state index in [1.165, 1.54) is 12.3 Å². The van der Waals surface area contributed by atoms with Gasteiger partial charge in [-0.3, -0.25) is 15.0 Å². The molecule has 0 spiro atoms. The second kappa shape index (κ2) is 4.74. The normalized spacial score (nSPS) is 22.2. The van der Waals surface area contributed by atoms with Crippen molar-refractivity contribution in [2.75, 3.05) is 0 Å². The van der Waals surface area contributed by atoms with Gasteiger partial charge in [-0.15, -0.1) is 0 Å². The molecule has 0 saturated heterocycles. The third kappa shape index (κ3) is 2.38. The average Bonchev–Trinajstić information content (AvgIpc) is 3.14. The van der Waals surface area contributed by atoms with E-state index in [9.17, 15) is 9.18 Å². The first-order chi connectivity index (χ1) is 9.19. The number of hydroxylamine groups is 1. The standard InChI is InChI=1S/C14H15FN2O2/c15-11-6-12(13(16-7-11)8-1-2-8)9-3-4-10(5-9)14(18)17-19/h5-8,10,19H,1-4H2,(H,17,18). The Kier molecular flexibility index (Phi) is 3.06. The quantitative estimate of drug-likeness (QED) is 0.649. The number of aromatic nitrogens is 1. The Labute approximate surface area is 110 Å². The van der Waals surface area contributed by atoms with Crippen LogP contribution < -0.4 is 5.48 Å². The summed E-state index contributed by atoms with van der Waals surface area (Å²) in [6.07, 6.45) is 6.61. The van der Waals surface area contributed by atoms with Gasteiger partial charge in [-0.2, -0.15) is 0 Å². The zero-order chi connectivity index (χ0) is 13.4. The molecule has 1 saturated carbocycles. The number of hydrogen-bond donors (Lipinski definition) is 2. The van der Waals surface area contributed by atoms with E-state index in [1.54, 1.807) is 5.48 Å². The van der Waals surface area contributed by atoms with Crippen molar-refractivity contribution in [1.29, 1.82) is 0 Å². The average molecular weight is 262 g/mol. The van der Waals surface area contributed by atoms with Crippen molar-refractivity contribution in [3.8, 4) is 0 Å². The zero-order valence-electron chi connectivity index (χ0n) is 10.4. The first-order valence-corrected chi connectivity index (χ1v) is 6.49. The van der Waals surface area contributed by atoms with Gasteiger partial charge in [0.1, 0.15) is 5.82 Å². The van der Waals surface area contributed by atoms with E-state index in [2.05, 4.69) is 4.98 Å². The first kappa shape index (κ1) is 12.3. The molecular formula is C14H15FN2O2. The number of carbonyl (C=O) groups is 1. The number of allylic oxidation sites excluding steroid dienone is 1. The zero-order valence-corrected chi connectivity index (χ0v) is 10.4. The highest BCUT2D eigenvalue weighted by atomic mass is 19.1. The predicted octanol–water partition coefficient (Wildman–Crippen LogP) is 2.40. The smallest absolute Gasteiger partial charge is 0.250 e. The van der Waals surface area contributed by atoms with E-state index < -0.39 is 5.91 Å². The van der Waals surface area contributed by atoms with Crippen molar-refractivity contribution in [3.05, 3.63) is 35.4 Å². The van der Waals surface area contributed by atoms with E-state index in [4.69, 9.17) is 5.21 Å². The molecule has 1 heterocycles. The number of halogens is 1. The van der Waals surface area contributed by atoms with Crippen molar-refractivity contribution < 1.29 is 14.4 Å². The van der Waals surface area contributed by atoms with Crippen LogP contribution in [0.5, 0.6) is 0 Å². The number of rotatable bonds is 3. The van der Waals surface area contributed by atoms with E-state index in [-0.39, 0.29) is 11.7 Å². The summed E-state index contributed by atoms with van der Waals surface area (Å²) in [5.74, 6) is -0.666. The molecule has 4 nitrogen and oxygen atoms in total. The lowest BCUT2D eigenvalue weighted by atomic mass is 10.0. The highest BCUT2D eigenvalue weighted by Crippen LogP contribution is 2.44. The van der Waals surface area contributed by atoms with Crippen LogP contribution in [-0.2, 0) is 4.79 Å². The molecule has 100 valence electrons. The van der Waals surface area contributed by atoms with Crippen LogP contribution in [0.4, 0.5) is 4.39 Å². The molecule has 2 aliphatic rings. The lowest BCUT2D eigenvalue weighted by Gasteiger charge is -2.08. The molecule has 1 unspecified atom stereocenters. The monoisotopic (exact) mass is 262 g/mol. The summed E-state index contributed by atoms with van der Waals surface area (Å²) in [6, 6.07) is 1.51. The Morgan fingerprint density at radius 2 is 2.21 bits per heavy atom. The van der Waals surface area contributed by atoms with E-state index in [0.29, 0.717) is 18.8 Å². The van der Waals surface area contributed by atoms with Crippen molar-refractivity contribution in [3.63, 3.8) is 0 Å². The predicted molar refractivity (Wildman–Crippen MR) is 66.8 cm³/mol. The van der Waals surface area contributed by atoms with E-state index in [1.807, 2.05) is 6.08 Å². The summed E-state index contributed by atoms with van der Waals surface area (Å²) in [5.41, 5.74) is 4.40. The maximum absolute atomic E-state index is 13.4. The third-order valence-electron chi connectivity index (χ3n) is 3.77. The summed E-state index contributed by atoms with van der Waals surface area (Å²) >= 11 is 0. The lowest BCUT2D eigenvalue weighted by Crippen LogP contribution is -2.25. The van der Waals surface area contributed by atoms with Crippen molar-refractivity contribution in [2.45, 2.75) is 31.6 Å². The van der Waals surface area contributed by atoms with Gasteiger partial charge in [0.25, 0.3) is 0 Å². The van der Waals surface area contributed by atoms with E-state index >= 15 is 0 Å². The minimum atomic E-state index is -0.410. The fourth-order valence-corrected chi connectivity index (χ4v) is 2.62. The van der Waals surface area contributed by atoms with Gasteiger partial charge in [0.05, 0.1) is 17.8 Å². The molecule has 0 aromatic carbocycles. The molecule has 2 N–H and O–H groups in total. The summed E-state index contributed by atoms with van der Waals surface area (Å²) in [7, 11) is 0. The van der Waals surface area contributed by atoms with Gasteiger partial charge in [0, 0.05) is 11.5 Å². The molecule has 2 aliphatic carbocycles. The number of hydrogen-bond acceptors (Lipinski definition) is 3. The van der Waals surface area contributed by atoms with Crippen LogP contribution in [0.1, 0.15) is 42.9 Å². The molecule has 19 heavy (non-hydrogen) atoms. The largest absolute Gasteiger partial charge is 0.289 e. The van der Waals surface area contributed by atoms with Crippen LogP contribution in [0.15, 0.2) is 18.3 Å². The van der Waals surface area contributed by atoms with Gasteiger partial charge in [-0.25, -0.2) is 9.87 Å². The fraction of sp³-hybridized carbons (Fsp3) is 0.429. The Morgan fingerprint density at radius 3 is 2.89 bits per heavy atom. The maximum Gasteiger partial charge on any atom is 0.250 e. The van der Waals surface area contributed by atoms with Crippen LogP contribution in [0.25, 0.3) is 5.57 Å². The van der Waals surface area contributed by atoms with Crippen LogP contribution in [0, 0.1) is 11.7 Å². The Balaban J connectivity index is 1.94. The van der Waals surface area contributed by atoms with Gasteiger partial charge in [-0.05, 0) is 37.3 Å². The van der Waals surface area contributed by atoms with Crippen molar-refractivity contribution >= 4 is 11.5 Å². The minimum absolute atomic E-state index is 0.338. The van der Waals surface area contributed by atoms with Crippen LogP contribution in [-0.4, -0.2) is 16.1 Å². The minimum Gasteiger partial charge on any atom is -0.289 e. The molecule has 1 aromatic heterocycles.